The molecule has 1 aliphatic rings. The van der Waals surface area contributed by atoms with Crippen molar-refractivity contribution in [3.63, 3.8) is 0 Å². The maximum atomic E-state index is 3.45. The van der Waals surface area contributed by atoms with Crippen molar-refractivity contribution in [2.75, 3.05) is 13.6 Å². The van der Waals surface area contributed by atoms with Gasteiger partial charge in [-0.1, -0.05) is 37.0 Å². The largest absolute Gasteiger partial charge is 0.319 e. The molecule has 1 nitrogen and oxygen atoms in total. The normalized spacial score (nSPS) is 18.9. The lowest BCUT2D eigenvalue weighted by atomic mass is 9.66. The van der Waals surface area contributed by atoms with Gasteiger partial charge < -0.3 is 5.32 Å². The molecule has 100 valence electrons. The maximum absolute atomic E-state index is 3.45. The summed E-state index contributed by atoms with van der Waals surface area (Å²) in [6.45, 7) is 7.91. The Morgan fingerprint density at radius 3 is 2.06 bits per heavy atom. The van der Waals surface area contributed by atoms with Gasteiger partial charge in [-0.25, -0.2) is 0 Å². The van der Waals surface area contributed by atoms with Gasteiger partial charge in [0.05, 0.1) is 0 Å². The highest BCUT2D eigenvalue weighted by Gasteiger charge is 2.35. The summed E-state index contributed by atoms with van der Waals surface area (Å²) >= 11 is 0. The predicted molar refractivity (Wildman–Crippen MR) is 79.3 cm³/mol. The van der Waals surface area contributed by atoms with Crippen molar-refractivity contribution < 1.29 is 0 Å². The summed E-state index contributed by atoms with van der Waals surface area (Å²) in [5.41, 5.74) is 6.38. The van der Waals surface area contributed by atoms with Crippen LogP contribution in [0.25, 0.3) is 0 Å². The summed E-state index contributed by atoms with van der Waals surface area (Å²) in [4.78, 5) is 0. The van der Waals surface area contributed by atoms with Gasteiger partial charge in [-0.15, -0.1) is 0 Å². The molecule has 18 heavy (non-hydrogen) atoms. The van der Waals surface area contributed by atoms with Crippen LogP contribution in [0.5, 0.6) is 0 Å². The molecule has 2 rings (SSSR count). The molecule has 0 aromatic heterocycles. The van der Waals surface area contributed by atoms with Crippen LogP contribution in [0.15, 0.2) is 12.1 Å². The van der Waals surface area contributed by atoms with Crippen LogP contribution >= 0.6 is 0 Å². The lowest BCUT2D eigenvalue weighted by Crippen LogP contribution is -2.40. The lowest BCUT2D eigenvalue weighted by molar-refractivity contribution is 0.284. The van der Waals surface area contributed by atoms with Crippen LogP contribution in [0, 0.1) is 20.8 Å². The van der Waals surface area contributed by atoms with E-state index in [1.165, 1.54) is 48.8 Å². The van der Waals surface area contributed by atoms with Crippen molar-refractivity contribution in [1.82, 2.24) is 5.32 Å². The molecule has 0 saturated heterocycles. The first-order valence-electron chi connectivity index (χ1n) is 7.32. The molecule has 0 unspecified atom stereocenters. The molecule has 1 aromatic carbocycles. The zero-order valence-corrected chi connectivity index (χ0v) is 12.4. The van der Waals surface area contributed by atoms with E-state index >= 15 is 0 Å². The average molecular weight is 245 g/mol. The number of likely N-dealkylation sites (N-methyl/N-ethyl adjacent to an activating group) is 1. The van der Waals surface area contributed by atoms with Gasteiger partial charge in [0.1, 0.15) is 0 Å². The third-order valence-electron chi connectivity index (χ3n) is 4.53. The molecule has 1 saturated carbocycles. The Morgan fingerprint density at radius 1 is 1.00 bits per heavy atom. The Morgan fingerprint density at radius 2 is 1.56 bits per heavy atom. The number of benzene rings is 1. The van der Waals surface area contributed by atoms with Crippen molar-refractivity contribution in [2.24, 2.45) is 0 Å². The van der Waals surface area contributed by atoms with Crippen LogP contribution < -0.4 is 5.32 Å². The van der Waals surface area contributed by atoms with Crippen molar-refractivity contribution >= 4 is 0 Å². The van der Waals surface area contributed by atoms with Gasteiger partial charge in [-0.3, -0.25) is 0 Å². The highest BCUT2D eigenvalue weighted by molar-refractivity contribution is 5.43. The van der Waals surface area contributed by atoms with E-state index in [9.17, 15) is 0 Å². The standard InChI is InChI=1S/C17H27N/c1-13-10-14(2)16(15(3)11-13)17(12-18-4)8-6-5-7-9-17/h10-11,18H,5-9,12H2,1-4H3. The number of nitrogens with one attached hydrogen (secondary N) is 1. The van der Waals surface area contributed by atoms with E-state index in [0.717, 1.165) is 6.54 Å². The van der Waals surface area contributed by atoms with Gasteiger partial charge in [-0.2, -0.15) is 0 Å². The molecule has 0 spiro atoms. The summed E-state index contributed by atoms with van der Waals surface area (Å²) in [6.07, 6.45) is 6.87. The van der Waals surface area contributed by atoms with Gasteiger partial charge in [-0.05, 0) is 57.4 Å². The molecule has 1 fully saturated rings. The van der Waals surface area contributed by atoms with Crippen molar-refractivity contribution in [3.05, 3.63) is 34.4 Å². The van der Waals surface area contributed by atoms with E-state index in [-0.39, 0.29) is 0 Å². The van der Waals surface area contributed by atoms with E-state index in [4.69, 9.17) is 0 Å². The summed E-state index contributed by atoms with van der Waals surface area (Å²) in [6, 6.07) is 4.71. The fourth-order valence-electron chi connectivity index (χ4n) is 4.10. The SMILES string of the molecule is CNCC1(c2c(C)cc(C)cc2C)CCCCC1. The number of aryl methyl sites for hydroxylation is 3. The van der Waals surface area contributed by atoms with Gasteiger partial charge in [0.25, 0.3) is 0 Å². The molecular formula is C17H27N. The van der Waals surface area contributed by atoms with Crippen LogP contribution in [-0.2, 0) is 5.41 Å². The minimum absolute atomic E-state index is 0.384. The second-order valence-corrected chi connectivity index (χ2v) is 6.15. The summed E-state index contributed by atoms with van der Waals surface area (Å²) in [7, 11) is 2.09. The number of hydrogen-bond acceptors (Lipinski definition) is 1. The first-order valence-corrected chi connectivity index (χ1v) is 7.32. The summed E-state index contributed by atoms with van der Waals surface area (Å²) in [5, 5.41) is 3.45. The van der Waals surface area contributed by atoms with Gasteiger partial charge in [0.15, 0.2) is 0 Å². The Balaban J connectivity index is 2.48. The Labute approximate surface area is 112 Å². The number of rotatable bonds is 3. The van der Waals surface area contributed by atoms with E-state index in [0.29, 0.717) is 5.41 Å². The lowest BCUT2D eigenvalue weighted by Gasteiger charge is -2.40. The topological polar surface area (TPSA) is 12.0 Å². The highest BCUT2D eigenvalue weighted by Crippen LogP contribution is 2.42. The quantitative estimate of drug-likeness (QED) is 0.847. The zero-order valence-electron chi connectivity index (χ0n) is 12.4. The van der Waals surface area contributed by atoms with E-state index in [1.54, 1.807) is 5.56 Å². The third kappa shape index (κ3) is 2.47. The molecular weight excluding hydrogens is 218 g/mol. The monoisotopic (exact) mass is 245 g/mol. The molecule has 1 heteroatoms. The smallest absolute Gasteiger partial charge is 0.00829 e. The Bertz CT molecular complexity index is 385. The van der Waals surface area contributed by atoms with Crippen LogP contribution in [0.3, 0.4) is 0 Å². The Kier molecular flexibility index (Phi) is 4.11. The van der Waals surface area contributed by atoms with Crippen LogP contribution in [-0.4, -0.2) is 13.6 Å². The Hall–Kier alpha value is -0.820. The maximum Gasteiger partial charge on any atom is 0.00829 e. The second kappa shape index (κ2) is 5.44. The van der Waals surface area contributed by atoms with Crippen molar-refractivity contribution in [3.8, 4) is 0 Å². The van der Waals surface area contributed by atoms with E-state index < -0.39 is 0 Å². The molecule has 0 bridgehead atoms. The van der Waals surface area contributed by atoms with Gasteiger partial charge >= 0.3 is 0 Å². The fourth-order valence-corrected chi connectivity index (χ4v) is 4.10. The first kappa shape index (κ1) is 13.6. The minimum atomic E-state index is 0.384. The average Bonchev–Trinajstić information content (AvgIpc) is 2.28. The molecule has 1 aromatic rings. The fraction of sp³-hybridized carbons (Fsp3) is 0.647. The molecule has 0 heterocycles. The highest BCUT2D eigenvalue weighted by atomic mass is 14.8. The van der Waals surface area contributed by atoms with E-state index in [2.05, 4.69) is 45.3 Å². The minimum Gasteiger partial charge on any atom is -0.319 e. The summed E-state index contributed by atoms with van der Waals surface area (Å²) in [5.74, 6) is 0. The molecule has 1 N–H and O–H groups in total. The molecule has 0 aliphatic heterocycles. The van der Waals surface area contributed by atoms with Gasteiger partial charge in [0.2, 0.25) is 0 Å². The van der Waals surface area contributed by atoms with E-state index in [1.807, 2.05) is 0 Å². The molecule has 0 radical (unpaired) electrons. The number of hydrogen-bond donors (Lipinski definition) is 1. The van der Waals surface area contributed by atoms with Gasteiger partial charge in [0, 0.05) is 12.0 Å². The molecule has 0 amide bonds. The van der Waals surface area contributed by atoms with Crippen LogP contribution in [0.2, 0.25) is 0 Å². The molecule has 1 aliphatic carbocycles. The first-order chi connectivity index (χ1) is 8.59. The van der Waals surface area contributed by atoms with Crippen LogP contribution in [0.1, 0.15) is 54.4 Å². The predicted octanol–water partition coefficient (Wildman–Crippen LogP) is 4.03. The third-order valence-corrected chi connectivity index (χ3v) is 4.53. The molecule has 0 atom stereocenters. The second-order valence-electron chi connectivity index (χ2n) is 6.15. The van der Waals surface area contributed by atoms with Crippen LogP contribution in [0.4, 0.5) is 0 Å². The van der Waals surface area contributed by atoms with Crippen molar-refractivity contribution in [2.45, 2.75) is 58.3 Å². The zero-order chi connectivity index (χ0) is 13.2. The summed E-state index contributed by atoms with van der Waals surface area (Å²) < 4.78 is 0. The van der Waals surface area contributed by atoms with Crippen molar-refractivity contribution in [1.29, 1.82) is 0 Å².